The van der Waals surface area contributed by atoms with Crippen LogP contribution in [0.1, 0.15) is 23.2 Å². The predicted octanol–water partition coefficient (Wildman–Crippen LogP) is 3.32. The number of hydrogen-bond donors (Lipinski definition) is 1. The van der Waals surface area contributed by atoms with Gasteiger partial charge in [-0.3, -0.25) is 4.79 Å². The number of aliphatic carboxylic acids is 1. The lowest BCUT2D eigenvalue weighted by molar-refractivity contribution is -0.139. The molecule has 1 rings (SSSR count). The SMILES string of the molecule is O=C(O)Cc1cc(C(F)(F)F)c(Cl)nc1C(F)F. The monoisotopic (exact) mass is 289 g/mol. The van der Waals surface area contributed by atoms with Gasteiger partial charge in [0.1, 0.15) is 10.8 Å². The van der Waals surface area contributed by atoms with Gasteiger partial charge >= 0.3 is 12.1 Å². The summed E-state index contributed by atoms with van der Waals surface area (Å²) in [5.41, 5.74) is -3.21. The first-order valence-corrected chi connectivity index (χ1v) is 4.77. The Morgan fingerprint density at radius 3 is 2.39 bits per heavy atom. The molecule has 1 heterocycles. The molecule has 0 aliphatic rings. The average molecular weight is 290 g/mol. The average Bonchev–Trinajstić information content (AvgIpc) is 2.17. The molecule has 3 nitrogen and oxygen atoms in total. The molecular weight excluding hydrogens is 285 g/mol. The van der Waals surface area contributed by atoms with Gasteiger partial charge in [0.05, 0.1) is 12.0 Å². The molecule has 0 amide bonds. The van der Waals surface area contributed by atoms with E-state index in [1.165, 1.54) is 0 Å². The van der Waals surface area contributed by atoms with Gasteiger partial charge in [-0.1, -0.05) is 11.6 Å². The van der Waals surface area contributed by atoms with Crippen LogP contribution in [0.3, 0.4) is 0 Å². The van der Waals surface area contributed by atoms with Gasteiger partial charge < -0.3 is 5.11 Å². The quantitative estimate of drug-likeness (QED) is 0.686. The van der Waals surface area contributed by atoms with E-state index in [2.05, 4.69) is 4.98 Å². The fourth-order valence-electron chi connectivity index (χ4n) is 1.24. The van der Waals surface area contributed by atoms with E-state index in [0.717, 1.165) is 0 Å². The maximum absolute atomic E-state index is 12.5. The van der Waals surface area contributed by atoms with Gasteiger partial charge in [0.2, 0.25) is 0 Å². The number of nitrogens with zero attached hydrogens (tertiary/aromatic N) is 1. The summed E-state index contributed by atoms with van der Waals surface area (Å²) in [6.07, 6.45) is -9.09. The molecule has 0 bridgehead atoms. The molecule has 18 heavy (non-hydrogen) atoms. The highest BCUT2D eigenvalue weighted by Crippen LogP contribution is 2.36. The molecule has 0 aliphatic carbocycles. The zero-order valence-electron chi connectivity index (χ0n) is 8.43. The summed E-state index contributed by atoms with van der Waals surface area (Å²) < 4.78 is 62.3. The van der Waals surface area contributed by atoms with Crippen LogP contribution in [-0.2, 0) is 17.4 Å². The van der Waals surface area contributed by atoms with Crippen molar-refractivity contribution < 1.29 is 31.9 Å². The molecule has 1 aromatic heterocycles. The van der Waals surface area contributed by atoms with Crippen LogP contribution < -0.4 is 0 Å². The van der Waals surface area contributed by atoms with Crippen LogP contribution >= 0.6 is 11.6 Å². The Hall–Kier alpha value is -1.44. The highest BCUT2D eigenvalue weighted by molar-refractivity contribution is 6.30. The summed E-state index contributed by atoms with van der Waals surface area (Å²) in [5.74, 6) is -1.55. The van der Waals surface area contributed by atoms with Crippen molar-refractivity contribution >= 4 is 17.6 Å². The Morgan fingerprint density at radius 2 is 2.00 bits per heavy atom. The molecule has 0 aliphatic heterocycles. The van der Waals surface area contributed by atoms with Crippen LogP contribution in [0.5, 0.6) is 0 Å². The Bertz CT molecular complexity index is 475. The van der Waals surface area contributed by atoms with E-state index >= 15 is 0 Å². The van der Waals surface area contributed by atoms with E-state index in [9.17, 15) is 26.7 Å². The molecule has 0 fully saturated rings. The molecule has 0 atom stereocenters. The fourth-order valence-corrected chi connectivity index (χ4v) is 1.49. The van der Waals surface area contributed by atoms with E-state index in [4.69, 9.17) is 16.7 Å². The van der Waals surface area contributed by atoms with Crippen molar-refractivity contribution in [3.8, 4) is 0 Å². The van der Waals surface area contributed by atoms with Crippen molar-refractivity contribution in [3.63, 3.8) is 0 Å². The van der Waals surface area contributed by atoms with Gasteiger partial charge in [0, 0.05) is 0 Å². The highest BCUT2D eigenvalue weighted by atomic mass is 35.5. The largest absolute Gasteiger partial charge is 0.481 e. The number of hydrogen-bond acceptors (Lipinski definition) is 2. The van der Waals surface area contributed by atoms with E-state index < -0.39 is 47.0 Å². The smallest absolute Gasteiger partial charge is 0.419 e. The van der Waals surface area contributed by atoms with Crippen LogP contribution in [0.25, 0.3) is 0 Å². The summed E-state index contributed by atoms with van der Waals surface area (Å²) in [4.78, 5) is 13.3. The Kier molecular flexibility index (Phi) is 4.10. The van der Waals surface area contributed by atoms with Crippen LogP contribution in [-0.4, -0.2) is 16.1 Å². The van der Waals surface area contributed by atoms with Gasteiger partial charge in [-0.05, 0) is 11.6 Å². The van der Waals surface area contributed by atoms with Crippen LogP contribution in [0.2, 0.25) is 5.15 Å². The van der Waals surface area contributed by atoms with Gasteiger partial charge in [-0.15, -0.1) is 0 Å². The van der Waals surface area contributed by atoms with Crippen molar-refractivity contribution in [3.05, 3.63) is 28.0 Å². The molecule has 0 unspecified atom stereocenters. The van der Waals surface area contributed by atoms with Crippen LogP contribution in [0, 0.1) is 0 Å². The van der Waals surface area contributed by atoms with Gasteiger partial charge in [-0.25, -0.2) is 13.8 Å². The highest BCUT2D eigenvalue weighted by Gasteiger charge is 2.36. The Labute approximate surface area is 102 Å². The minimum atomic E-state index is -4.89. The maximum Gasteiger partial charge on any atom is 0.419 e. The van der Waals surface area contributed by atoms with Gasteiger partial charge in [0.25, 0.3) is 6.43 Å². The van der Waals surface area contributed by atoms with Gasteiger partial charge in [-0.2, -0.15) is 13.2 Å². The minimum Gasteiger partial charge on any atom is -0.481 e. The molecule has 0 radical (unpaired) electrons. The fraction of sp³-hybridized carbons (Fsp3) is 0.333. The molecule has 100 valence electrons. The zero-order valence-corrected chi connectivity index (χ0v) is 9.19. The number of pyridine rings is 1. The van der Waals surface area contributed by atoms with Crippen molar-refractivity contribution in [1.82, 2.24) is 4.98 Å². The topological polar surface area (TPSA) is 50.2 Å². The standard InChI is InChI=1S/C9H5ClF5NO2/c10-7-4(9(13,14)15)1-3(2-5(17)18)6(16-7)8(11)12/h1,8H,2H2,(H,17,18). The summed E-state index contributed by atoms with van der Waals surface area (Å²) in [5, 5.41) is 7.32. The van der Waals surface area contributed by atoms with Gasteiger partial charge in [0.15, 0.2) is 0 Å². The third-order valence-electron chi connectivity index (χ3n) is 1.94. The molecule has 9 heteroatoms. The van der Waals surface area contributed by atoms with Crippen LogP contribution in [0.15, 0.2) is 6.07 Å². The summed E-state index contributed by atoms with van der Waals surface area (Å²) in [6.45, 7) is 0. The zero-order chi connectivity index (χ0) is 14.1. The summed E-state index contributed by atoms with van der Waals surface area (Å²) >= 11 is 5.15. The lowest BCUT2D eigenvalue weighted by Gasteiger charge is -2.13. The lowest BCUT2D eigenvalue weighted by Crippen LogP contribution is -2.13. The summed E-state index contributed by atoms with van der Waals surface area (Å²) in [7, 11) is 0. The van der Waals surface area contributed by atoms with E-state index in [-0.39, 0.29) is 6.07 Å². The minimum absolute atomic E-state index is 0.283. The first kappa shape index (κ1) is 14.6. The second kappa shape index (κ2) is 5.05. The molecule has 1 N–H and O–H groups in total. The first-order valence-electron chi connectivity index (χ1n) is 4.39. The second-order valence-corrected chi connectivity index (χ2v) is 3.60. The number of carboxylic acid groups (broad SMARTS) is 1. The van der Waals surface area contributed by atoms with E-state index in [1.54, 1.807) is 0 Å². The Morgan fingerprint density at radius 1 is 1.44 bits per heavy atom. The molecule has 1 aromatic rings. The normalized spacial score (nSPS) is 11.9. The number of aromatic nitrogens is 1. The van der Waals surface area contributed by atoms with E-state index in [0.29, 0.717) is 0 Å². The summed E-state index contributed by atoms with van der Waals surface area (Å²) in [6, 6.07) is 0.283. The number of halogens is 6. The lowest BCUT2D eigenvalue weighted by atomic mass is 10.1. The Balaban J connectivity index is 3.40. The number of carbonyl (C=O) groups is 1. The van der Waals surface area contributed by atoms with Crippen molar-refractivity contribution in [2.24, 2.45) is 0 Å². The molecular formula is C9H5ClF5NO2. The third-order valence-corrected chi connectivity index (χ3v) is 2.23. The van der Waals surface area contributed by atoms with E-state index in [1.807, 2.05) is 0 Å². The third kappa shape index (κ3) is 3.28. The second-order valence-electron chi connectivity index (χ2n) is 3.24. The maximum atomic E-state index is 12.5. The molecule has 0 saturated carbocycles. The first-order chi connectivity index (χ1) is 8.12. The number of rotatable bonds is 3. The molecule has 0 spiro atoms. The number of alkyl halides is 5. The van der Waals surface area contributed by atoms with Crippen molar-refractivity contribution in [2.45, 2.75) is 19.0 Å². The molecule has 0 aromatic carbocycles. The van der Waals surface area contributed by atoms with Crippen molar-refractivity contribution in [2.75, 3.05) is 0 Å². The predicted molar refractivity (Wildman–Crippen MR) is 50.5 cm³/mol. The molecule has 0 saturated heterocycles. The van der Waals surface area contributed by atoms with Crippen molar-refractivity contribution in [1.29, 1.82) is 0 Å². The number of carboxylic acids is 1. The van der Waals surface area contributed by atoms with Crippen LogP contribution in [0.4, 0.5) is 22.0 Å².